The second kappa shape index (κ2) is 6.96. The summed E-state index contributed by atoms with van der Waals surface area (Å²) in [4.78, 5) is 14.6. The van der Waals surface area contributed by atoms with E-state index in [1.165, 1.54) is 0 Å². The van der Waals surface area contributed by atoms with Crippen LogP contribution in [0.15, 0.2) is 79.4 Å². The van der Waals surface area contributed by atoms with Crippen molar-refractivity contribution in [3.63, 3.8) is 0 Å². The van der Waals surface area contributed by atoms with Gasteiger partial charge in [0.15, 0.2) is 5.69 Å². The van der Waals surface area contributed by atoms with E-state index in [9.17, 15) is 4.79 Å². The second-order valence-electron chi connectivity index (χ2n) is 5.46. The third-order valence-electron chi connectivity index (χ3n) is 3.73. The topological polar surface area (TPSA) is 38.1 Å². The molecule has 0 N–H and O–H groups in total. The van der Waals surface area contributed by atoms with Gasteiger partial charge in [0.05, 0.1) is 5.69 Å². The lowest BCUT2D eigenvalue weighted by atomic mass is 10.2. The van der Waals surface area contributed by atoms with E-state index in [2.05, 4.69) is 11.7 Å². The van der Waals surface area contributed by atoms with E-state index in [0.29, 0.717) is 12.2 Å². The van der Waals surface area contributed by atoms with E-state index in [1.54, 1.807) is 15.7 Å². The molecule has 1 heterocycles. The number of carbonyl (C=O) groups excluding carboxylic acids is 1. The first kappa shape index (κ1) is 15.7. The summed E-state index contributed by atoms with van der Waals surface area (Å²) in [6, 6.07) is 21.2. The third-order valence-corrected chi connectivity index (χ3v) is 3.73. The minimum atomic E-state index is -0.140. The number of para-hydroxylation sites is 2. The molecule has 0 saturated heterocycles. The molecular weight excluding hydrogens is 298 g/mol. The van der Waals surface area contributed by atoms with E-state index >= 15 is 0 Å². The number of nitrogens with zero attached hydrogens (tertiary/aromatic N) is 3. The van der Waals surface area contributed by atoms with Crippen LogP contribution in [-0.4, -0.2) is 22.2 Å². The highest BCUT2D eigenvalue weighted by Crippen LogP contribution is 2.18. The Hall–Kier alpha value is -3.14. The number of carbonyl (C=O) groups is 1. The number of hydrogen-bond acceptors (Lipinski definition) is 2. The molecule has 24 heavy (non-hydrogen) atoms. The first-order valence-electron chi connectivity index (χ1n) is 7.80. The predicted octanol–water partition coefficient (Wildman–Crippen LogP) is 4.01. The molecule has 0 aliphatic heterocycles. The minimum Gasteiger partial charge on any atom is -0.303 e. The molecule has 0 unspecified atom stereocenters. The maximum Gasteiger partial charge on any atom is 0.279 e. The van der Waals surface area contributed by atoms with Gasteiger partial charge in [-0.1, -0.05) is 42.5 Å². The van der Waals surface area contributed by atoms with Crippen LogP contribution < -0.4 is 4.90 Å². The monoisotopic (exact) mass is 317 g/mol. The summed E-state index contributed by atoms with van der Waals surface area (Å²) in [7, 11) is 0. The van der Waals surface area contributed by atoms with Crippen LogP contribution in [0.1, 0.15) is 16.2 Å². The van der Waals surface area contributed by atoms with Crippen LogP contribution in [0, 0.1) is 6.92 Å². The van der Waals surface area contributed by atoms with Gasteiger partial charge in [-0.15, -0.1) is 6.58 Å². The number of benzene rings is 2. The highest BCUT2D eigenvalue weighted by Gasteiger charge is 2.20. The summed E-state index contributed by atoms with van der Waals surface area (Å²) >= 11 is 0. The van der Waals surface area contributed by atoms with Crippen molar-refractivity contribution in [3.05, 3.63) is 90.8 Å². The van der Waals surface area contributed by atoms with Gasteiger partial charge in [0.1, 0.15) is 0 Å². The van der Waals surface area contributed by atoms with Gasteiger partial charge in [-0.25, -0.2) is 4.68 Å². The smallest absolute Gasteiger partial charge is 0.279 e. The minimum absolute atomic E-state index is 0.140. The zero-order chi connectivity index (χ0) is 16.9. The Bertz CT molecular complexity index is 838. The summed E-state index contributed by atoms with van der Waals surface area (Å²) in [5.74, 6) is -0.140. The molecule has 1 amide bonds. The van der Waals surface area contributed by atoms with Crippen molar-refractivity contribution < 1.29 is 4.79 Å². The van der Waals surface area contributed by atoms with E-state index < -0.39 is 0 Å². The van der Waals surface area contributed by atoms with Crippen LogP contribution in [0.25, 0.3) is 5.69 Å². The van der Waals surface area contributed by atoms with Crippen LogP contribution >= 0.6 is 0 Å². The molecule has 2 aromatic carbocycles. The maximum absolute atomic E-state index is 12.9. The summed E-state index contributed by atoms with van der Waals surface area (Å²) < 4.78 is 1.78. The quantitative estimate of drug-likeness (QED) is 0.667. The molecule has 3 rings (SSSR count). The Kier molecular flexibility index (Phi) is 4.57. The molecule has 0 radical (unpaired) electrons. The highest BCUT2D eigenvalue weighted by atomic mass is 16.2. The Morgan fingerprint density at radius 3 is 2.38 bits per heavy atom. The van der Waals surface area contributed by atoms with Gasteiger partial charge >= 0.3 is 0 Å². The summed E-state index contributed by atoms with van der Waals surface area (Å²) in [5, 5.41) is 4.50. The van der Waals surface area contributed by atoms with Crippen LogP contribution in [-0.2, 0) is 0 Å². The summed E-state index contributed by atoms with van der Waals surface area (Å²) in [6.45, 7) is 6.13. The summed E-state index contributed by atoms with van der Waals surface area (Å²) in [5.41, 5.74) is 3.09. The molecular formula is C20H19N3O. The Labute approximate surface area is 141 Å². The van der Waals surface area contributed by atoms with E-state index in [4.69, 9.17) is 0 Å². The van der Waals surface area contributed by atoms with Gasteiger partial charge in [-0.05, 0) is 37.3 Å². The fraction of sp³-hybridized carbons (Fsp3) is 0.100. The van der Waals surface area contributed by atoms with Gasteiger partial charge in [0.25, 0.3) is 5.91 Å². The van der Waals surface area contributed by atoms with Crippen molar-refractivity contribution in [2.24, 2.45) is 0 Å². The Morgan fingerprint density at radius 1 is 1.12 bits per heavy atom. The van der Waals surface area contributed by atoms with E-state index in [-0.39, 0.29) is 5.91 Å². The predicted molar refractivity (Wildman–Crippen MR) is 96.6 cm³/mol. The molecule has 1 aromatic heterocycles. The molecule has 0 aliphatic rings. The van der Waals surface area contributed by atoms with E-state index in [0.717, 1.165) is 17.1 Å². The molecule has 0 spiro atoms. The highest BCUT2D eigenvalue weighted by molar-refractivity contribution is 6.05. The number of amides is 1. The SMILES string of the molecule is C=CCN(C(=O)c1cc(C)n(-c2ccccc2)n1)c1ccccc1. The van der Waals surface area contributed by atoms with Crippen LogP contribution in [0.4, 0.5) is 5.69 Å². The van der Waals surface area contributed by atoms with Crippen molar-refractivity contribution in [2.75, 3.05) is 11.4 Å². The van der Waals surface area contributed by atoms with Gasteiger partial charge in [-0.3, -0.25) is 4.79 Å². The van der Waals surface area contributed by atoms with Crippen molar-refractivity contribution in [3.8, 4) is 5.69 Å². The number of rotatable bonds is 5. The normalized spacial score (nSPS) is 10.4. The van der Waals surface area contributed by atoms with Gasteiger partial charge < -0.3 is 4.90 Å². The van der Waals surface area contributed by atoms with Gasteiger partial charge in [-0.2, -0.15) is 5.10 Å². The van der Waals surface area contributed by atoms with E-state index in [1.807, 2.05) is 73.7 Å². The van der Waals surface area contributed by atoms with Crippen LogP contribution in [0.2, 0.25) is 0 Å². The lowest BCUT2D eigenvalue weighted by molar-refractivity contribution is 0.0984. The summed E-state index contributed by atoms with van der Waals surface area (Å²) in [6.07, 6.45) is 1.71. The second-order valence-corrected chi connectivity index (χ2v) is 5.46. The Morgan fingerprint density at radius 2 is 1.75 bits per heavy atom. The van der Waals surface area contributed by atoms with Crippen molar-refractivity contribution in [2.45, 2.75) is 6.92 Å². The number of aryl methyl sites for hydroxylation is 1. The molecule has 3 aromatic rings. The lowest BCUT2D eigenvalue weighted by Gasteiger charge is -2.20. The van der Waals surface area contributed by atoms with Gasteiger partial charge in [0, 0.05) is 17.9 Å². The first-order valence-corrected chi connectivity index (χ1v) is 7.80. The zero-order valence-corrected chi connectivity index (χ0v) is 13.6. The zero-order valence-electron chi connectivity index (χ0n) is 13.6. The maximum atomic E-state index is 12.9. The molecule has 0 saturated carbocycles. The number of anilines is 1. The van der Waals surface area contributed by atoms with Crippen molar-refractivity contribution in [1.82, 2.24) is 9.78 Å². The molecule has 0 aliphatic carbocycles. The lowest BCUT2D eigenvalue weighted by Crippen LogP contribution is -2.31. The molecule has 4 nitrogen and oxygen atoms in total. The number of hydrogen-bond donors (Lipinski definition) is 0. The molecule has 0 bridgehead atoms. The molecule has 4 heteroatoms. The standard InChI is InChI=1S/C20H19N3O/c1-3-14-22(17-10-6-4-7-11-17)20(24)19-15-16(2)23(21-19)18-12-8-5-9-13-18/h3-13,15H,1,14H2,2H3. The van der Waals surface area contributed by atoms with Crippen molar-refractivity contribution in [1.29, 1.82) is 0 Å². The average Bonchev–Trinajstić information content (AvgIpc) is 3.02. The fourth-order valence-corrected chi connectivity index (χ4v) is 2.59. The average molecular weight is 317 g/mol. The largest absolute Gasteiger partial charge is 0.303 e. The molecule has 120 valence electrons. The molecule has 0 atom stereocenters. The van der Waals surface area contributed by atoms with Gasteiger partial charge in [0.2, 0.25) is 0 Å². The van der Waals surface area contributed by atoms with Crippen LogP contribution in [0.5, 0.6) is 0 Å². The van der Waals surface area contributed by atoms with Crippen LogP contribution in [0.3, 0.4) is 0 Å². The number of aromatic nitrogens is 2. The molecule has 0 fully saturated rings. The fourth-order valence-electron chi connectivity index (χ4n) is 2.59. The van der Waals surface area contributed by atoms with Crippen molar-refractivity contribution >= 4 is 11.6 Å². The third kappa shape index (κ3) is 3.13. The Balaban J connectivity index is 1.96. The first-order chi connectivity index (χ1) is 11.7.